The molecule has 0 unspecified atom stereocenters. The lowest BCUT2D eigenvalue weighted by atomic mass is 10.3. The van der Waals surface area contributed by atoms with Crippen molar-refractivity contribution in [3.63, 3.8) is 0 Å². The molecule has 0 aromatic carbocycles. The zero-order valence-electron chi connectivity index (χ0n) is 10.2. The van der Waals surface area contributed by atoms with Gasteiger partial charge in [0.2, 0.25) is 5.91 Å². The average Bonchev–Trinajstić information content (AvgIpc) is 2.98. The fourth-order valence-electron chi connectivity index (χ4n) is 1.53. The van der Waals surface area contributed by atoms with Crippen molar-refractivity contribution in [3.8, 4) is 0 Å². The third kappa shape index (κ3) is 3.92. The van der Waals surface area contributed by atoms with Crippen molar-refractivity contribution in [3.05, 3.63) is 28.2 Å². The topological polar surface area (TPSA) is 72.7 Å². The molecule has 0 saturated heterocycles. The molecule has 18 heavy (non-hydrogen) atoms. The standard InChI is InChI=1S/C11H15N5OS/c1-9-2-3-10(18-9)4-6-12-11(17)5-7-16-8-13-14-15-16/h2-3,8H,4-7H2,1H3,(H,12,17). The number of amides is 1. The SMILES string of the molecule is Cc1ccc(CCNC(=O)CCn2cnnn2)s1. The molecule has 1 amide bonds. The Hall–Kier alpha value is -1.76. The van der Waals surface area contributed by atoms with E-state index in [4.69, 9.17) is 0 Å². The Bertz CT molecular complexity index is 493. The van der Waals surface area contributed by atoms with Crippen LogP contribution in [-0.2, 0) is 17.8 Å². The highest BCUT2D eigenvalue weighted by Crippen LogP contribution is 2.14. The minimum absolute atomic E-state index is 0.0266. The number of thiophene rings is 1. The fraction of sp³-hybridized carbons (Fsp3) is 0.455. The molecule has 0 aliphatic heterocycles. The molecule has 1 N–H and O–H groups in total. The third-order valence-electron chi connectivity index (χ3n) is 2.45. The maximum absolute atomic E-state index is 11.5. The average molecular weight is 265 g/mol. The molecule has 0 saturated carbocycles. The normalized spacial score (nSPS) is 10.5. The minimum Gasteiger partial charge on any atom is -0.356 e. The highest BCUT2D eigenvalue weighted by molar-refractivity contribution is 7.11. The highest BCUT2D eigenvalue weighted by atomic mass is 32.1. The number of rotatable bonds is 6. The first-order chi connectivity index (χ1) is 8.74. The van der Waals surface area contributed by atoms with E-state index < -0.39 is 0 Å². The molecule has 0 radical (unpaired) electrons. The monoisotopic (exact) mass is 265 g/mol. The van der Waals surface area contributed by atoms with Crippen molar-refractivity contribution in [2.24, 2.45) is 0 Å². The molecular weight excluding hydrogens is 250 g/mol. The summed E-state index contributed by atoms with van der Waals surface area (Å²) in [5.41, 5.74) is 0. The van der Waals surface area contributed by atoms with Gasteiger partial charge in [-0.25, -0.2) is 4.68 Å². The Morgan fingerprint density at radius 1 is 1.50 bits per heavy atom. The second kappa shape index (κ2) is 6.25. The van der Waals surface area contributed by atoms with Crippen molar-refractivity contribution in [2.45, 2.75) is 26.3 Å². The molecule has 96 valence electrons. The van der Waals surface area contributed by atoms with Gasteiger partial charge in [-0.05, 0) is 35.9 Å². The summed E-state index contributed by atoms with van der Waals surface area (Å²) in [5.74, 6) is 0.0266. The van der Waals surface area contributed by atoms with Crippen LogP contribution < -0.4 is 5.32 Å². The van der Waals surface area contributed by atoms with Gasteiger partial charge in [0.15, 0.2) is 0 Å². The predicted molar refractivity (Wildman–Crippen MR) is 68.2 cm³/mol. The summed E-state index contributed by atoms with van der Waals surface area (Å²) in [7, 11) is 0. The number of hydrogen-bond donors (Lipinski definition) is 1. The quantitative estimate of drug-likeness (QED) is 0.838. The van der Waals surface area contributed by atoms with Crippen molar-refractivity contribution >= 4 is 17.2 Å². The predicted octanol–water partition coefficient (Wildman–Crippen LogP) is 0.792. The molecule has 0 spiro atoms. The summed E-state index contributed by atoms with van der Waals surface area (Å²) in [6, 6.07) is 4.20. The lowest BCUT2D eigenvalue weighted by molar-refractivity contribution is -0.121. The summed E-state index contributed by atoms with van der Waals surface area (Å²) in [5, 5.41) is 13.6. The molecule has 0 bridgehead atoms. The molecule has 0 aliphatic rings. The van der Waals surface area contributed by atoms with Crippen LogP contribution >= 0.6 is 11.3 Å². The maximum Gasteiger partial charge on any atom is 0.221 e. The summed E-state index contributed by atoms with van der Waals surface area (Å²) < 4.78 is 1.54. The van der Waals surface area contributed by atoms with Crippen molar-refractivity contribution in [2.75, 3.05) is 6.54 Å². The number of hydrogen-bond acceptors (Lipinski definition) is 5. The first kappa shape index (κ1) is 12.7. The van der Waals surface area contributed by atoms with Crippen molar-refractivity contribution in [1.82, 2.24) is 25.5 Å². The third-order valence-corrected chi connectivity index (χ3v) is 3.51. The van der Waals surface area contributed by atoms with Crippen molar-refractivity contribution in [1.29, 1.82) is 0 Å². The second-order valence-electron chi connectivity index (χ2n) is 3.94. The second-order valence-corrected chi connectivity index (χ2v) is 5.31. The highest BCUT2D eigenvalue weighted by Gasteiger charge is 2.03. The van der Waals surface area contributed by atoms with Crippen LogP contribution in [0, 0.1) is 6.92 Å². The number of aryl methyl sites for hydroxylation is 2. The first-order valence-corrected chi connectivity index (χ1v) is 6.58. The van der Waals surface area contributed by atoms with E-state index in [-0.39, 0.29) is 5.91 Å². The Kier molecular flexibility index (Phi) is 4.40. The summed E-state index contributed by atoms with van der Waals surface area (Å²) >= 11 is 1.77. The molecule has 2 rings (SSSR count). The van der Waals surface area contributed by atoms with Gasteiger partial charge in [-0.2, -0.15) is 0 Å². The minimum atomic E-state index is 0.0266. The van der Waals surface area contributed by atoms with Gasteiger partial charge in [-0.3, -0.25) is 4.79 Å². The zero-order chi connectivity index (χ0) is 12.8. The molecule has 0 aliphatic carbocycles. The van der Waals surface area contributed by atoms with E-state index in [2.05, 4.69) is 39.9 Å². The lowest BCUT2D eigenvalue weighted by Gasteiger charge is -2.03. The van der Waals surface area contributed by atoms with Crippen molar-refractivity contribution < 1.29 is 4.79 Å². The van der Waals surface area contributed by atoms with E-state index in [1.807, 2.05) is 0 Å². The van der Waals surface area contributed by atoms with Crippen LogP contribution in [-0.4, -0.2) is 32.7 Å². The maximum atomic E-state index is 11.5. The first-order valence-electron chi connectivity index (χ1n) is 5.77. The smallest absolute Gasteiger partial charge is 0.221 e. The van der Waals surface area contributed by atoms with Gasteiger partial charge >= 0.3 is 0 Å². The molecule has 0 atom stereocenters. The van der Waals surface area contributed by atoms with E-state index in [1.165, 1.54) is 16.1 Å². The van der Waals surface area contributed by atoms with Crippen LogP contribution in [0.2, 0.25) is 0 Å². The number of aromatic nitrogens is 4. The number of carbonyl (C=O) groups is 1. The Morgan fingerprint density at radius 3 is 3.06 bits per heavy atom. The van der Waals surface area contributed by atoms with Crippen LogP contribution in [0.3, 0.4) is 0 Å². The van der Waals surface area contributed by atoms with Crippen LogP contribution in [0.1, 0.15) is 16.2 Å². The number of carbonyl (C=O) groups excluding carboxylic acids is 1. The Labute approximate surface area is 109 Å². The molecule has 0 fully saturated rings. The zero-order valence-corrected chi connectivity index (χ0v) is 11.0. The summed E-state index contributed by atoms with van der Waals surface area (Å²) in [6.45, 7) is 3.27. The lowest BCUT2D eigenvalue weighted by Crippen LogP contribution is -2.26. The van der Waals surface area contributed by atoms with Gasteiger partial charge in [0.25, 0.3) is 0 Å². The molecule has 2 aromatic rings. The molecular formula is C11H15N5OS. The van der Waals surface area contributed by atoms with Gasteiger partial charge in [0.05, 0.1) is 6.54 Å². The van der Waals surface area contributed by atoms with Gasteiger partial charge in [-0.1, -0.05) is 0 Å². The van der Waals surface area contributed by atoms with Gasteiger partial charge in [0.1, 0.15) is 6.33 Å². The number of tetrazole rings is 1. The fourth-order valence-corrected chi connectivity index (χ4v) is 2.42. The number of nitrogens with one attached hydrogen (secondary N) is 1. The van der Waals surface area contributed by atoms with E-state index in [9.17, 15) is 4.79 Å². The molecule has 6 nitrogen and oxygen atoms in total. The van der Waals surface area contributed by atoms with E-state index in [0.29, 0.717) is 19.5 Å². The van der Waals surface area contributed by atoms with E-state index in [1.54, 1.807) is 16.0 Å². The van der Waals surface area contributed by atoms with Crippen LogP contribution in [0.5, 0.6) is 0 Å². The Balaban J connectivity index is 1.63. The van der Waals surface area contributed by atoms with E-state index >= 15 is 0 Å². The molecule has 2 aromatic heterocycles. The summed E-state index contributed by atoms with van der Waals surface area (Å²) in [6.07, 6.45) is 2.78. The van der Waals surface area contributed by atoms with Crippen LogP contribution in [0.25, 0.3) is 0 Å². The van der Waals surface area contributed by atoms with Gasteiger partial charge in [-0.15, -0.1) is 16.4 Å². The van der Waals surface area contributed by atoms with Crippen LogP contribution in [0.15, 0.2) is 18.5 Å². The van der Waals surface area contributed by atoms with Gasteiger partial charge < -0.3 is 5.32 Å². The van der Waals surface area contributed by atoms with Crippen LogP contribution in [0.4, 0.5) is 0 Å². The van der Waals surface area contributed by atoms with E-state index in [0.717, 1.165) is 6.42 Å². The molecule has 2 heterocycles. The number of nitrogens with zero attached hydrogens (tertiary/aromatic N) is 4. The Morgan fingerprint density at radius 2 is 2.39 bits per heavy atom. The summed E-state index contributed by atoms with van der Waals surface area (Å²) in [4.78, 5) is 14.1. The van der Waals surface area contributed by atoms with Gasteiger partial charge in [0, 0.05) is 22.7 Å². The molecule has 7 heteroatoms. The largest absolute Gasteiger partial charge is 0.356 e.